The summed E-state index contributed by atoms with van der Waals surface area (Å²) in [7, 11) is -3.56. The SMILES string of the molecule is C=C[S+](=O)([O-])Nc1ccc(OC2CCC(=O)NC2=O)cc1. The van der Waals surface area contributed by atoms with Crippen LogP contribution in [0.5, 0.6) is 5.75 Å². The topological polar surface area (TPSA) is 108 Å². The number of hydrogen-bond acceptors (Lipinski definition) is 5. The summed E-state index contributed by atoms with van der Waals surface area (Å²) in [6, 6.07) is 6.07. The Kier molecular flexibility index (Phi) is 4.39. The third-order valence-corrected chi connectivity index (χ3v) is 3.76. The van der Waals surface area contributed by atoms with Crippen molar-refractivity contribution in [2.75, 3.05) is 4.72 Å². The molecule has 112 valence electrons. The molecular weight excluding hydrogens is 296 g/mol. The first-order valence-electron chi connectivity index (χ1n) is 6.15. The van der Waals surface area contributed by atoms with Gasteiger partial charge in [0.2, 0.25) is 5.91 Å². The van der Waals surface area contributed by atoms with Crippen molar-refractivity contribution < 1.29 is 23.1 Å². The molecule has 2 amide bonds. The van der Waals surface area contributed by atoms with Crippen molar-refractivity contribution in [3.63, 3.8) is 0 Å². The van der Waals surface area contributed by atoms with Crippen LogP contribution in [0, 0.1) is 0 Å². The zero-order valence-corrected chi connectivity index (χ0v) is 11.9. The molecule has 1 aliphatic heterocycles. The highest BCUT2D eigenvalue weighted by Crippen LogP contribution is 2.21. The van der Waals surface area contributed by atoms with E-state index >= 15 is 0 Å². The fourth-order valence-electron chi connectivity index (χ4n) is 1.76. The molecule has 0 bridgehead atoms. The second kappa shape index (κ2) is 6.06. The number of amides is 2. The van der Waals surface area contributed by atoms with Gasteiger partial charge in [0.15, 0.2) is 16.5 Å². The molecule has 1 saturated heterocycles. The number of rotatable bonds is 5. The maximum absolute atomic E-state index is 11.5. The fraction of sp³-hybridized carbons (Fsp3) is 0.231. The molecule has 0 saturated carbocycles. The lowest BCUT2D eigenvalue weighted by Crippen LogP contribution is -2.46. The van der Waals surface area contributed by atoms with E-state index in [1.807, 2.05) is 0 Å². The Morgan fingerprint density at radius 1 is 1.38 bits per heavy atom. The summed E-state index contributed by atoms with van der Waals surface area (Å²) in [6.45, 7) is 3.19. The monoisotopic (exact) mass is 310 g/mol. The van der Waals surface area contributed by atoms with Crippen LogP contribution in [0.15, 0.2) is 36.3 Å². The lowest BCUT2D eigenvalue weighted by Gasteiger charge is -2.22. The number of benzene rings is 1. The van der Waals surface area contributed by atoms with E-state index < -0.39 is 22.4 Å². The van der Waals surface area contributed by atoms with Crippen molar-refractivity contribution in [3.05, 3.63) is 36.3 Å². The molecule has 2 unspecified atom stereocenters. The number of sulfonamides is 1. The molecule has 2 N–H and O–H groups in total. The third-order valence-electron chi connectivity index (χ3n) is 2.80. The highest BCUT2D eigenvalue weighted by molar-refractivity contribution is 8.01. The van der Waals surface area contributed by atoms with E-state index in [-0.39, 0.29) is 12.3 Å². The quantitative estimate of drug-likeness (QED) is 0.622. The summed E-state index contributed by atoms with van der Waals surface area (Å²) in [4.78, 5) is 22.6. The van der Waals surface area contributed by atoms with Gasteiger partial charge in [-0.3, -0.25) is 14.9 Å². The molecule has 21 heavy (non-hydrogen) atoms. The largest absolute Gasteiger partial charge is 0.589 e. The Balaban J connectivity index is 1.99. The van der Waals surface area contributed by atoms with Crippen molar-refractivity contribution in [2.24, 2.45) is 0 Å². The van der Waals surface area contributed by atoms with Gasteiger partial charge in [-0.2, -0.15) is 0 Å². The van der Waals surface area contributed by atoms with Crippen LogP contribution in [0.4, 0.5) is 5.69 Å². The van der Waals surface area contributed by atoms with Crippen LogP contribution in [0.1, 0.15) is 12.8 Å². The van der Waals surface area contributed by atoms with Crippen molar-refractivity contribution in [1.82, 2.24) is 5.32 Å². The lowest BCUT2D eigenvalue weighted by molar-refractivity contribution is -0.138. The number of piperidine rings is 1. The van der Waals surface area contributed by atoms with Gasteiger partial charge in [0.25, 0.3) is 5.91 Å². The van der Waals surface area contributed by atoms with E-state index in [0.717, 1.165) is 5.41 Å². The van der Waals surface area contributed by atoms with Gasteiger partial charge in [-0.25, -0.2) is 4.72 Å². The molecule has 1 fully saturated rings. The van der Waals surface area contributed by atoms with Crippen molar-refractivity contribution in [1.29, 1.82) is 0 Å². The summed E-state index contributed by atoms with van der Waals surface area (Å²) in [5.74, 6) is -0.372. The summed E-state index contributed by atoms with van der Waals surface area (Å²) < 4.78 is 30.4. The molecule has 7 nitrogen and oxygen atoms in total. The van der Waals surface area contributed by atoms with Crippen LogP contribution in [0.2, 0.25) is 0 Å². The number of ether oxygens (including phenoxy) is 1. The maximum atomic E-state index is 11.5. The Morgan fingerprint density at radius 2 is 2.05 bits per heavy atom. The first-order chi connectivity index (χ1) is 9.89. The summed E-state index contributed by atoms with van der Waals surface area (Å²) in [6.07, 6.45) is -0.179. The second-order valence-corrected chi connectivity index (χ2v) is 6.02. The molecule has 8 heteroatoms. The summed E-state index contributed by atoms with van der Waals surface area (Å²) in [5.41, 5.74) is 0.352. The predicted octanol–water partition coefficient (Wildman–Crippen LogP) is 0.971. The van der Waals surface area contributed by atoms with E-state index in [4.69, 9.17) is 4.74 Å². The van der Waals surface area contributed by atoms with Crippen LogP contribution >= 0.6 is 0 Å². The molecule has 0 aromatic heterocycles. The molecular formula is C13H14N2O5S. The van der Waals surface area contributed by atoms with Gasteiger partial charge in [-0.15, -0.1) is 0 Å². The molecule has 0 aliphatic carbocycles. The third kappa shape index (κ3) is 4.14. The van der Waals surface area contributed by atoms with Crippen LogP contribution < -0.4 is 14.8 Å². The maximum Gasteiger partial charge on any atom is 0.267 e. The van der Waals surface area contributed by atoms with Gasteiger partial charge in [0, 0.05) is 12.8 Å². The van der Waals surface area contributed by atoms with Crippen LogP contribution in [-0.4, -0.2) is 22.5 Å². The molecule has 1 heterocycles. The normalized spacial score (nSPS) is 21.1. The molecule has 2 atom stereocenters. The van der Waals surface area contributed by atoms with Gasteiger partial charge in [0.05, 0.1) is 5.69 Å². The van der Waals surface area contributed by atoms with Crippen LogP contribution in [-0.2, 0) is 24.2 Å². The minimum Gasteiger partial charge on any atom is -0.589 e. The van der Waals surface area contributed by atoms with Gasteiger partial charge < -0.3 is 9.29 Å². The van der Waals surface area contributed by atoms with Crippen LogP contribution in [0.3, 0.4) is 0 Å². The van der Waals surface area contributed by atoms with Crippen molar-refractivity contribution >= 4 is 27.9 Å². The number of anilines is 1. The van der Waals surface area contributed by atoms with Gasteiger partial charge in [-0.05, 0) is 30.8 Å². The number of hydrogen-bond donors (Lipinski definition) is 2. The van der Waals surface area contributed by atoms with Gasteiger partial charge >= 0.3 is 0 Å². The molecule has 1 aliphatic rings. The molecule has 0 spiro atoms. The average molecular weight is 310 g/mol. The highest BCUT2D eigenvalue weighted by Gasteiger charge is 2.28. The first-order valence-corrected chi connectivity index (χ1v) is 7.70. The Hall–Kier alpha value is -2.19. The van der Waals surface area contributed by atoms with E-state index in [1.54, 1.807) is 0 Å². The number of imide groups is 1. The first kappa shape index (κ1) is 15.2. The zero-order chi connectivity index (χ0) is 15.5. The van der Waals surface area contributed by atoms with E-state index in [9.17, 15) is 18.4 Å². The molecule has 0 radical (unpaired) electrons. The van der Waals surface area contributed by atoms with E-state index in [0.29, 0.717) is 17.9 Å². The average Bonchev–Trinajstić information content (AvgIpc) is 2.44. The number of nitrogens with one attached hydrogen (secondary N) is 2. The highest BCUT2D eigenvalue weighted by atomic mass is 32.3. The number of carbonyl (C=O) groups excluding carboxylic acids is 2. The van der Waals surface area contributed by atoms with Gasteiger partial charge in [0.1, 0.15) is 11.2 Å². The standard InChI is InChI=1S/C13H14N2O5S/c1-2-21(18,19)15-9-3-5-10(6-4-9)20-11-7-8-12(16)14-13(11)17/h2-6,11H,1,7-8H2,(H2-,14,15,16,17,18,19). The van der Waals surface area contributed by atoms with E-state index in [2.05, 4.69) is 16.6 Å². The van der Waals surface area contributed by atoms with Crippen molar-refractivity contribution in [3.8, 4) is 5.75 Å². The van der Waals surface area contributed by atoms with Crippen LogP contribution in [0.25, 0.3) is 0 Å². The minimum absolute atomic E-state index is 0.230. The molecule has 2 rings (SSSR count). The Morgan fingerprint density at radius 3 is 2.62 bits per heavy atom. The summed E-state index contributed by atoms with van der Waals surface area (Å²) >= 11 is 0. The second-order valence-electron chi connectivity index (χ2n) is 4.40. The molecule has 1 aromatic carbocycles. The van der Waals surface area contributed by atoms with Crippen molar-refractivity contribution in [2.45, 2.75) is 18.9 Å². The summed E-state index contributed by atoms with van der Waals surface area (Å²) in [5, 5.41) is 3.00. The minimum atomic E-state index is -3.56. The lowest BCUT2D eigenvalue weighted by atomic mass is 10.1. The van der Waals surface area contributed by atoms with Gasteiger partial charge in [-0.1, -0.05) is 4.21 Å². The number of carbonyl (C=O) groups is 2. The van der Waals surface area contributed by atoms with E-state index in [1.165, 1.54) is 24.3 Å². The molecule has 1 aromatic rings. The smallest absolute Gasteiger partial charge is 0.267 e. The zero-order valence-electron chi connectivity index (χ0n) is 11.0. The predicted molar refractivity (Wildman–Crippen MR) is 75.9 cm³/mol. The Bertz CT molecular complexity index is 613. The fourth-order valence-corrected chi connectivity index (χ4v) is 2.31. The Labute approximate surface area is 122 Å².